The number of hydrogen-bond donors (Lipinski definition) is 0. The molecule has 0 aromatic heterocycles. The van der Waals surface area contributed by atoms with Crippen LogP contribution in [0.5, 0.6) is 0 Å². The van der Waals surface area contributed by atoms with E-state index in [1.54, 1.807) is 0 Å². The topological polar surface area (TPSA) is 0 Å². The van der Waals surface area contributed by atoms with Crippen molar-refractivity contribution in [3.63, 3.8) is 0 Å². The number of halogens is 1. The van der Waals surface area contributed by atoms with Gasteiger partial charge in [-0.25, -0.2) is 0 Å². The molecule has 0 bridgehead atoms. The first-order valence-corrected chi connectivity index (χ1v) is 3.34. The minimum Gasteiger partial charge on any atom is -1.00 e. The van der Waals surface area contributed by atoms with Gasteiger partial charge >= 0.3 is 43.1 Å². The van der Waals surface area contributed by atoms with Crippen LogP contribution in [0.4, 0.5) is 0 Å². The average Bonchev–Trinajstić information content (AvgIpc) is 0.722. The summed E-state index contributed by atoms with van der Waals surface area (Å²) in [5.41, 5.74) is 0. The average molecular weight is 158 g/mol. The van der Waals surface area contributed by atoms with Gasteiger partial charge in [-0.1, -0.05) is 0 Å². The summed E-state index contributed by atoms with van der Waals surface area (Å²) >= 11 is 1.40. The van der Waals surface area contributed by atoms with Crippen LogP contribution in [-0.2, 0) is 18.3 Å². The van der Waals surface area contributed by atoms with E-state index in [0.717, 1.165) is 0 Å². The molecule has 0 aliphatic heterocycles. The molecule has 0 atom stereocenters. The van der Waals surface area contributed by atoms with E-state index in [-0.39, 0.29) is 12.4 Å². The van der Waals surface area contributed by atoms with Gasteiger partial charge in [-0.3, -0.25) is 0 Å². The quantitative estimate of drug-likeness (QED) is 0.386. The molecule has 0 spiro atoms. The normalized spacial score (nSPS) is 10.2. The van der Waals surface area contributed by atoms with E-state index in [1.165, 1.54) is 18.3 Å². The molecular formula is C4H9ClZn. The molecule has 0 fully saturated rings. The largest absolute Gasteiger partial charge is 1.00 e. The Morgan fingerprint density at radius 2 is 1.17 bits per heavy atom. The van der Waals surface area contributed by atoms with Crippen molar-refractivity contribution in [3.05, 3.63) is 0 Å². The fraction of sp³-hybridized carbons (Fsp3) is 1.00. The van der Waals surface area contributed by atoms with E-state index < -0.39 is 0 Å². The molecule has 0 radical (unpaired) electrons. The zero-order chi connectivity index (χ0) is 4.50. The van der Waals surface area contributed by atoms with Gasteiger partial charge in [-0.15, -0.1) is 0 Å². The summed E-state index contributed by atoms with van der Waals surface area (Å²) < 4.78 is 0.625. The van der Waals surface area contributed by atoms with Crippen molar-refractivity contribution in [3.8, 4) is 0 Å². The fourth-order valence-corrected chi connectivity index (χ4v) is 0. The Labute approximate surface area is 55.8 Å². The van der Waals surface area contributed by atoms with Crippen molar-refractivity contribution in [2.75, 3.05) is 0 Å². The van der Waals surface area contributed by atoms with E-state index in [9.17, 15) is 0 Å². The van der Waals surface area contributed by atoms with Crippen molar-refractivity contribution >= 4 is 0 Å². The zero-order valence-corrected chi connectivity index (χ0v) is 8.31. The van der Waals surface area contributed by atoms with Crippen molar-refractivity contribution in [2.24, 2.45) is 0 Å². The molecule has 0 aliphatic carbocycles. The summed E-state index contributed by atoms with van der Waals surface area (Å²) in [5.74, 6) is 0. The van der Waals surface area contributed by atoms with E-state index in [2.05, 4.69) is 20.8 Å². The van der Waals surface area contributed by atoms with E-state index in [1.807, 2.05) is 0 Å². The smallest absolute Gasteiger partial charge is 1.00 e. The van der Waals surface area contributed by atoms with Crippen LogP contribution >= 0.6 is 0 Å². The molecule has 6 heavy (non-hydrogen) atoms. The van der Waals surface area contributed by atoms with Crippen LogP contribution < -0.4 is 12.4 Å². The second kappa shape index (κ2) is 2.99. The summed E-state index contributed by atoms with van der Waals surface area (Å²) in [5, 5.41) is 0. The fourth-order valence-electron chi connectivity index (χ4n) is 0. The Hall–Kier alpha value is 0.913. The van der Waals surface area contributed by atoms with Crippen molar-refractivity contribution < 1.29 is 30.7 Å². The molecule has 0 rings (SSSR count). The SMILES string of the molecule is C[C](C)(C)[Zn+].[Cl-]. The standard InChI is InChI=1S/C4H9.ClH.Zn/c1-4(2)3;;/h1-3H3;1H;/q;;+1/p-1. The third-order valence-electron chi connectivity index (χ3n) is 0. The second-order valence-electron chi connectivity index (χ2n) is 2.56. The Morgan fingerprint density at radius 3 is 1.17 bits per heavy atom. The van der Waals surface area contributed by atoms with Crippen molar-refractivity contribution in [1.82, 2.24) is 0 Å². The van der Waals surface area contributed by atoms with Gasteiger partial charge in [-0.05, 0) is 0 Å². The van der Waals surface area contributed by atoms with Crippen LogP contribution in [0.25, 0.3) is 0 Å². The summed E-state index contributed by atoms with van der Waals surface area (Å²) in [6.07, 6.45) is 0. The van der Waals surface area contributed by atoms with Crippen LogP contribution in [0, 0.1) is 0 Å². The van der Waals surface area contributed by atoms with Crippen LogP contribution in [-0.4, -0.2) is 0 Å². The molecule has 0 heterocycles. The first kappa shape index (κ1) is 10.0. The van der Waals surface area contributed by atoms with Gasteiger partial charge in [0, 0.05) is 0 Å². The molecule has 0 nitrogen and oxygen atoms in total. The molecule has 34 valence electrons. The molecule has 0 aromatic carbocycles. The predicted octanol–water partition coefficient (Wildman–Crippen LogP) is -1.24. The molecular weight excluding hydrogens is 149 g/mol. The maximum Gasteiger partial charge on any atom is -1.00 e. The number of rotatable bonds is 0. The minimum atomic E-state index is 0. The van der Waals surface area contributed by atoms with E-state index in [0.29, 0.717) is 4.01 Å². The minimum absolute atomic E-state index is 0. The predicted molar refractivity (Wildman–Crippen MR) is 19.7 cm³/mol. The molecule has 2 heteroatoms. The first-order valence-electron chi connectivity index (χ1n) is 1.85. The van der Waals surface area contributed by atoms with E-state index >= 15 is 0 Å². The molecule has 0 aromatic rings. The summed E-state index contributed by atoms with van der Waals surface area (Å²) in [6, 6.07) is 0. The molecule has 0 unspecified atom stereocenters. The summed E-state index contributed by atoms with van der Waals surface area (Å²) in [7, 11) is 0. The second-order valence-corrected chi connectivity index (χ2v) is 7.01. The monoisotopic (exact) mass is 156 g/mol. The van der Waals surface area contributed by atoms with Crippen molar-refractivity contribution in [2.45, 2.75) is 24.8 Å². The van der Waals surface area contributed by atoms with Crippen molar-refractivity contribution in [1.29, 1.82) is 0 Å². The van der Waals surface area contributed by atoms with Gasteiger partial charge in [0.05, 0.1) is 0 Å². The van der Waals surface area contributed by atoms with Crippen LogP contribution in [0.15, 0.2) is 0 Å². The van der Waals surface area contributed by atoms with Gasteiger partial charge in [0.15, 0.2) is 0 Å². The molecule has 0 aliphatic rings. The maximum absolute atomic E-state index is 2.24. The van der Waals surface area contributed by atoms with Gasteiger partial charge in [0.25, 0.3) is 0 Å². The maximum atomic E-state index is 2.24. The molecule has 0 N–H and O–H groups in total. The Balaban J connectivity index is 0. The van der Waals surface area contributed by atoms with Crippen LogP contribution in [0.3, 0.4) is 0 Å². The van der Waals surface area contributed by atoms with Crippen LogP contribution in [0.2, 0.25) is 4.01 Å². The summed E-state index contributed by atoms with van der Waals surface area (Å²) in [6.45, 7) is 6.73. The van der Waals surface area contributed by atoms with Gasteiger partial charge in [0.2, 0.25) is 0 Å². The molecule has 0 amide bonds. The Kier molecular flexibility index (Phi) is 4.98. The third-order valence-corrected chi connectivity index (χ3v) is 0. The van der Waals surface area contributed by atoms with E-state index in [4.69, 9.17) is 0 Å². The Bertz CT molecular complexity index is 23.0. The van der Waals surface area contributed by atoms with Crippen LogP contribution in [0.1, 0.15) is 20.8 Å². The number of hydrogen-bond acceptors (Lipinski definition) is 0. The first-order chi connectivity index (χ1) is 2.00. The summed E-state index contributed by atoms with van der Waals surface area (Å²) in [4.78, 5) is 0. The molecule has 0 saturated carbocycles. The van der Waals surface area contributed by atoms with Gasteiger partial charge in [-0.2, -0.15) is 0 Å². The molecule has 0 saturated heterocycles. The van der Waals surface area contributed by atoms with Gasteiger partial charge in [0.1, 0.15) is 0 Å². The zero-order valence-electron chi connectivity index (χ0n) is 4.59. The Morgan fingerprint density at radius 1 is 1.17 bits per heavy atom. The third kappa shape index (κ3) is 90.2. The van der Waals surface area contributed by atoms with Gasteiger partial charge < -0.3 is 12.4 Å².